The van der Waals surface area contributed by atoms with E-state index in [4.69, 9.17) is 10.7 Å². The van der Waals surface area contributed by atoms with Gasteiger partial charge in [-0.3, -0.25) is 14.9 Å². The van der Waals surface area contributed by atoms with E-state index in [1.165, 1.54) is 17.2 Å². The van der Waals surface area contributed by atoms with Crippen LogP contribution in [0.2, 0.25) is 0 Å². The van der Waals surface area contributed by atoms with Gasteiger partial charge in [0.15, 0.2) is 5.65 Å². The van der Waals surface area contributed by atoms with Crippen LogP contribution in [0.4, 0.5) is 10.3 Å². The quantitative estimate of drug-likeness (QED) is 0.424. The molecule has 0 radical (unpaired) electrons. The van der Waals surface area contributed by atoms with E-state index in [0.717, 1.165) is 45.2 Å². The summed E-state index contributed by atoms with van der Waals surface area (Å²) in [5.41, 5.74) is 10.2. The Balaban J connectivity index is 1.18. The predicted molar refractivity (Wildman–Crippen MR) is 132 cm³/mol. The molecule has 2 aromatic carbocycles. The highest BCUT2D eigenvalue weighted by atomic mass is 19.1. The van der Waals surface area contributed by atoms with Crippen molar-refractivity contribution in [1.82, 2.24) is 20.2 Å². The van der Waals surface area contributed by atoms with Gasteiger partial charge in [-0.05, 0) is 54.7 Å². The molecule has 7 nitrogen and oxygen atoms in total. The van der Waals surface area contributed by atoms with Gasteiger partial charge in [-0.2, -0.15) is 10.1 Å². The zero-order chi connectivity index (χ0) is 23.8. The van der Waals surface area contributed by atoms with Crippen molar-refractivity contribution in [2.75, 3.05) is 18.0 Å². The normalized spacial score (nSPS) is 22.0. The molecule has 1 aliphatic heterocycles. The second-order valence-corrected chi connectivity index (χ2v) is 10.4. The fourth-order valence-corrected chi connectivity index (χ4v) is 6.50. The Morgan fingerprint density at radius 1 is 1.03 bits per heavy atom. The Hall–Kier alpha value is -3.52. The Kier molecular flexibility index (Phi) is 4.31. The number of anilines is 1. The molecule has 8 heteroatoms. The molecule has 0 unspecified atom stereocenters. The highest BCUT2D eigenvalue weighted by Crippen LogP contribution is 2.55. The molecule has 4 aromatic rings. The first-order valence-electron chi connectivity index (χ1n) is 12.3. The summed E-state index contributed by atoms with van der Waals surface area (Å²) in [6.45, 7) is 1.55. The summed E-state index contributed by atoms with van der Waals surface area (Å²) in [4.78, 5) is 23.1. The van der Waals surface area contributed by atoms with Crippen molar-refractivity contribution in [1.29, 1.82) is 0 Å². The molecular weight excluding hydrogens is 443 g/mol. The number of aromatic amines is 2. The molecule has 1 saturated heterocycles. The maximum absolute atomic E-state index is 14.6. The van der Waals surface area contributed by atoms with Crippen molar-refractivity contribution in [3.8, 4) is 0 Å². The van der Waals surface area contributed by atoms with E-state index < -0.39 is 5.41 Å². The zero-order valence-corrected chi connectivity index (χ0v) is 19.4. The smallest absolute Gasteiger partial charge is 0.263 e. The van der Waals surface area contributed by atoms with Crippen LogP contribution in [0.15, 0.2) is 53.3 Å². The van der Waals surface area contributed by atoms with Crippen molar-refractivity contribution >= 4 is 17.0 Å². The van der Waals surface area contributed by atoms with Crippen LogP contribution in [0.5, 0.6) is 0 Å². The Morgan fingerprint density at radius 2 is 1.77 bits per heavy atom. The molecule has 2 aliphatic carbocycles. The standard InChI is InChI=1S/C27H27FN6O/c28-19-8-4-3-7-18(19)27(9-10-27)22-20-23(33-32-22)30-25(31-24(20)35)34-13-11-26(12-14-34)15-16-5-1-2-6-17(16)21(26)29/h1-8,21H,9-15,29H2,(H2,30,31,32,33,35)/t21-/m1/s1. The number of benzene rings is 2. The Labute approximate surface area is 201 Å². The van der Waals surface area contributed by atoms with Crippen molar-refractivity contribution < 1.29 is 4.39 Å². The van der Waals surface area contributed by atoms with Crippen LogP contribution in [0.25, 0.3) is 11.0 Å². The van der Waals surface area contributed by atoms with Crippen molar-refractivity contribution in [3.63, 3.8) is 0 Å². The number of hydrogen-bond donors (Lipinski definition) is 3. The van der Waals surface area contributed by atoms with Gasteiger partial charge in [0.25, 0.3) is 5.56 Å². The molecule has 178 valence electrons. The number of aromatic nitrogens is 4. The lowest BCUT2D eigenvalue weighted by Gasteiger charge is -2.42. The summed E-state index contributed by atoms with van der Waals surface area (Å²) in [6.07, 6.45) is 4.39. The summed E-state index contributed by atoms with van der Waals surface area (Å²) >= 11 is 0. The number of hydrogen-bond acceptors (Lipinski definition) is 5. The van der Waals surface area contributed by atoms with E-state index >= 15 is 0 Å². The van der Waals surface area contributed by atoms with Crippen LogP contribution in [-0.2, 0) is 11.8 Å². The lowest BCUT2D eigenvalue weighted by Crippen LogP contribution is -2.45. The minimum Gasteiger partial charge on any atom is -0.342 e. The molecule has 2 aromatic heterocycles. The average Bonchev–Trinajstić information content (AvgIpc) is 3.47. The van der Waals surface area contributed by atoms with E-state index in [0.29, 0.717) is 28.2 Å². The van der Waals surface area contributed by atoms with Crippen LogP contribution in [-0.4, -0.2) is 33.3 Å². The fraction of sp³-hybridized carbons (Fsp3) is 0.370. The highest BCUT2D eigenvalue weighted by Gasteiger charge is 2.51. The van der Waals surface area contributed by atoms with E-state index in [1.807, 2.05) is 6.07 Å². The first-order valence-corrected chi connectivity index (χ1v) is 12.3. The van der Waals surface area contributed by atoms with Crippen LogP contribution in [0, 0.1) is 11.2 Å². The van der Waals surface area contributed by atoms with Crippen molar-refractivity contribution in [2.24, 2.45) is 11.1 Å². The third kappa shape index (κ3) is 2.95. The predicted octanol–water partition coefficient (Wildman–Crippen LogP) is 3.71. The van der Waals surface area contributed by atoms with E-state index in [-0.39, 0.29) is 22.8 Å². The highest BCUT2D eigenvalue weighted by molar-refractivity contribution is 5.80. The zero-order valence-electron chi connectivity index (χ0n) is 19.4. The van der Waals surface area contributed by atoms with Crippen LogP contribution < -0.4 is 16.2 Å². The van der Waals surface area contributed by atoms with Crippen LogP contribution in [0.1, 0.15) is 54.1 Å². The molecule has 1 spiro atoms. The molecule has 0 amide bonds. The first-order chi connectivity index (χ1) is 17.0. The topological polar surface area (TPSA) is 104 Å². The Bertz CT molecular complexity index is 1510. The third-order valence-corrected chi connectivity index (χ3v) is 8.66. The lowest BCUT2D eigenvalue weighted by atomic mass is 9.73. The van der Waals surface area contributed by atoms with Gasteiger partial charge in [-0.15, -0.1) is 0 Å². The molecule has 7 rings (SSSR count). The monoisotopic (exact) mass is 470 g/mol. The van der Waals surface area contributed by atoms with Gasteiger partial charge >= 0.3 is 0 Å². The maximum Gasteiger partial charge on any atom is 0.263 e. The molecule has 4 N–H and O–H groups in total. The number of halogens is 1. The van der Waals surface area contributed by atoms with Gasteiger partial charge in [0.05, 0.1) is 5.69 Å². The SMILES string of the molecule is N[C@@H]1c2ccccc2CC12CCN(c1nc3[nH]nc(C4(c5ccccc5F)CC4)c3c(=O)[nH]1)CC2. The third-order valence-electron chi connectivity index (χ3n) is 8.66. The van der Waals surface area contributed by atoms with Gasteiger partial charge in [-0.1, -0.05) is 42.5 Å². The van der Waals surface area contributed by atoms with E-state index in [9.17, 15) is 9.18 Å². The number of fused-ring (bicyclic) bond motifs is 2. The average molecular weight is 471 g/mol. The molecule has 0 bridgehead atoms. The number of piperidine rings is 1. The largest absolute Gasteiger partial charge is 0.342 e. The number of rotatable bonds is 3. The summed E-state index contributed by atoms with van der Waals surface area (Å²) in [5, 5.41) is 7.86. The van der Waals surface area contributed by atoms with Gasteiger partial charge in [0.1, 0.15) is 11.2 Å². The summed E-state index contributed by atoms with van der Waals surface area (Å²) in [6, 6.07) is 15.3. The number of H-pyrrole nitrogens is 2. The number of nitrogens with two attached hydrogens (primary N) is 1. The van der Waals surface area contributed by atoms with Crippen molar-refractivity contribution in [3.05, 3.63) is 87.1 Å². The van der Waals surface area contributed by atoms with Gasteiger partial charge < -0.3 is 10.6 Å². The van der Waals surface area contributed by atoms with E-state index in [1.54, 1.807) is 12.1 Å². The summed E-state index contributed by atoms with van der Waals surface area (Å²) in [7, 11) is 0. The molecule has 1 saturated carbocycles. The Morgan fingerprint density at radius 3 is 2.51 bits per heavy atom. The molecular formula is C27H27FN6O. The molecule has 3 aliphatic rings. The van der Waals surface area contributed by atoms with E-state index in [2.05, 4.69) is 44.3 Å². The molecule has 2 fully saturated rings. The lowest BCUT2D eigenvalue weighted by molar-refractivity contribution is 0.187. The minimum absolute atomic E-state index is 0.0404. The molecule has 35 heavy (non-hydrogen) atoms. The second-order valence-electron chi connectivity index (χ2n) is 10.4. The van der Waals surface area contributed by atoms with Crippen LogP contribution >= 0.6 is 0 Å². The summed E-state index contributed by atoms with van der Waals surface area (Å²) in [5.74, 6) is 0.282. The fourth-order valence-electron chi connectivity index (χ4n) is 6.50. The maximum atomic E-state index is 14.6. The number of nitrogens with one attached hydrogen (secondary N) is 2. The first kappa shape index (κ1) is 20.8. The van der Waals surface area contributed by atoms with Crippen LogP contribution in [0.3, 0.4) is 0 Å². The summed E-state index contributed by atoms with van der Waals surface area (Å²) < 4.78 is 14.6. The molecule has 3 heterocycles. The minimum atomic E-state index is -0.565. The van der Waals surface area contributed by atoms with Gasteiger partial charge in [0, 0.05) is 30.1 Å². The number of nitrogens with zero attached hydrogens (tertiary/aromatic N) is 3. The molecule has 1 atom stereocenters. The second kappa shape index (κ2) is 7.24. The van der Waals surface area contributed by atoms with Gasteiger partial charge in [0.2, 0.25) is 5.95 Å². The van der Waals surface area contributed by atoms with Gasteiger partial charge in [-0.25, -0.2) is 4.39 Å². The van der Waals surface area contributed by atoms with Crippen molar-refractivity contribution in [2.45, 2.75) is 43.6 Å².